The molecule has 2 saturated heterocycles. The van der Waals surface area contributed by atoms with E-state index in [1.807, 2.05) is 30.3 Å². The molecular weight excluding hydrogens is 308 g/mol. The number of amides is 1. The molecule has 3 rings (SSSR count). The van der Waals surface area contributed by atoms with Crippen molar-refractivity contribution in [2.75, 3.05) is 38.6 Å². The van der Waals surface area contributed by atoms with E-state index < -0.39 is 0 Å². The second-order valence-corrected chi connectivity index (χ2v) is 7.52. The monoisotopic (exact) mass is 334 g/mol. The Balaban J connectivity index is 1.32. The molecule has 0 radical (unpaired) electrons. The first-order valence-corrected chi connectivity index (χ1v) is 9.55. The van der Waals surface area contributed by atoms with Crippen molar-refractivity contribution in [3.05, 3.63) is 30.3 Å². The summed E-state index contributed by atoms with van der Waals surface area (Å²) < 4.78 is 5.45. The molecule has 23 heavy (non-hydrogen) atoms. The van der Waals surface area contributed by atoms with Crippen LogP contribution in [0.15, 0.2) is 35.2 Å². The molecule has 0 spiro atoms. The second kappa shape index (κ2) is 8.71. The fourth-order valence-electron chi connectivity index (χ4n) is 3.29. The van der Waals surface area contributed by atoms with Crippen molar-refractivity contribution >= 4 is 17.7 Å². The van der Waals surface area contributed by atoms with Gasteiger partial charge in [0.05, 0.1) is 12.4 Å². The van der Waals surface area contributed by atoms with Gasteiger partial charge in [-0.2, -0.15) is 0 Å². The van der Waals surface area contributed by atoms with Crippen LogP contribution >= 0.6 is 11.8 Å². The summed E-state index contributed by atoms with van der Waals surface area (Å²) in [7, 11) is 0. The normalized spacial score (nSPS) is 23.0. The molecule has 0 aliphatic carbocycles. The van der Waals surface area contributed by atoms with E-state index >= 15 is 0 Å². The molecule has 5 heteroatoms. The highest BCUT2D eigenvalue weighted by atomic mass is 32.2. The highest BCUT2D eigenvalue weighted by Crippen LogP contribution is 2.19. The second-order valence-electron chi connectivity index (χ2n) is 6.47. The minimum atomic E-state index is 0.154. The summed E-state index contributed by atoms with van der Waals surface area (Å²) in [6, 6.07) is 10.4. The Bertz CT molecular complexity index is 483. The highest BCUT2D eigenvalue weighted by molar-refractivity contribution is 8.00. The van der Waals surface area contributed by atoms with Gasteiger partial charge in [0.2, 0.25) is 5.91 Å². The molecule has 126 valence electrons. The number of benzene rings is 1. The van der Waals surface area contributed by atoms with Crippen LogP contribution in [-0.2, 0) is 9.53 Å². The van der Waals surface area contributed by atoms with Gasteiger partial charge < -0.3 is 15.0 Å². The van der Waals surface area contributed by atoms with Crippen molar-refractivity contribution in [1.82, 2.24) is 10.2 Å². The van der Waals surface area contributed by atoms with Crippen molar-refractivity contribution in [1.29, 1.82) is 0 Å². The first-order chi connectivity index (χ1) is 11.3. The van der Waals surface area contributed by atoms with E-state index in [0.29, 0.717) is 17.7 Å². The predicted octanol–water partition coefficient (Wildman–Crippen LogP) is 2.40. The highest BCUT2D eigenvalue weighted by Gasteiger charge is 2.24. The molecule has 2 fully saturated rings. The van der Waals surface area contributed by atoms with Crippen molar-refractivity contribution in [3.8, 4) is 0 Å². The fraction of sp³-hybridized carbons (Fsp3) is 0.611. The molecule has 1 N–H and O–H groups in total. The zero-order valence-electron chi connectivity index (χ0n) is 13.6. The topological polar surface area (TPSA) is 41.6 Å². The Labute approximate surface area is 143 Å². The van der Waals surface area contributed by atoms with E-state index in [1.54, 1.807) is 11.8 Å². The third-order valence-electron chi connectivity index (χ3n) is 4.61. The lowest BCUT2D eigenvalue weighted by molar-refractivity contribution is -0.119. The van der Waals surface area contributed by atoms with Crippen molar-refractivity contribution < 1.29 is 9.53 Å². The van der Waals surface area contributed by atoms with Gasteiger partial charge in [0.1, 0.15) is 0 Å². The SMILES string of the molecule is O=C(CSc1ccccc1)NC1CCN(C[C@H]2CCOC2)CC1. The summed E-state index contributed by atoms with van der Waals surface area (Å²) in [5, 5.41) is 3.19. The van der Waals surface area contributed by atoms with Crippen molar-refractivity contribution in [2.24, 2.45) is 5.92 Å². The number of hydrogen-bond donors (Lipinski definition) is 1. The molecule has 2 aliphatic heterocycles. The molecule has 0 unspecified atom stereocenters. The number of carbonyl (C=O) groups is 1. The Kier molecular flexibility index (Phi) is 6.37. The quantitative estimate of drug-likeness (QED) is 0.811. The number of carbonyl (C=O) groups excluding carboxylic acids is 1. The van der Waals surface area contributed by atoms with Gasteiger partial charge in [-0.15, -0.1) is 11.8 Å². The molecule has 1 aromatic rings. The summed E-state index contributed by atoms with van der Waals surface area (Å²) in [6.07, 6.45) is 3.33. The smallest absolute Gasteiger partial charge is 0.230 e. The van der Waals surface area contributed by atoms with E-state index in [9.17, 15) is 4.79 Å². The van der Waals surface area contributed by atoms with Gasteiger partial charge in [-0.25, -0.2) is 0 Å². The van der Waals surface area contributed by atoms with Gasteiger partial charge in [0.25, 0.3) is 0 Å². The number of likely N-dealkylation sites (tertiary alicyclic amines) is 1. The Morgan fingerprint density at radius 2 is 2.00 bits per heavy atom. The van der Waals surface area contributed by atoms with Crippen LogP contribution in [0.25, 0.3) is 0 Å². The van der Waals surface area contributed by atoms with Crippen LogP contribution < -0.4 is 5.32 Å². The standard InChI is InChI=1S/C18H26N2O2S/c21-18(14-23-17-4-2-1-3-5-17)19-16-6-9-20(10-7-16)12-15-8-11-22-13-15/h1-5,15-16H,6-14H2,(H,19,21)/t15-/m1/s1. The van der Waals surface area contributed by atoms with Crippen molar-refractivity contribution in [3.63, 3.8) is 0 Å². The number of nitrogens with one attached hydrogen (secondary N) is 1. The first-order valence-electron chi connectivity index (χ1n) is 8.57. The maximum Gasteiger partial charge on any atom is 0.230 e. The predicted molar refractivity (Wildman–Crippen MR) is 93.7 cm³/mol. The fourth-order valence-corrected chi connectivity index (χ4v) is 4.02. The van der Waals surface area contributed by atoms with Crippen LogP contribution in [0.4, 0.5) is 0 Å². The minimum Gasteiger partial charge on any atom is -0.381 e. The third kappa shape index (κ3) is 5.52. The Hall–Kier alpha value is -1.04. The van der Waals surface area contributed by atoms with Gasteiger partial charge in [-0.3, -0.25) is 4.79 Å². The molecule has 0 saturated carbocycles. The summed E-state index contributed by atoms with van der Waals surface area (Å²) in [5.41, 5.74) is 0. The van der Waals surface area contributed by atoms with Crippen LogP contribution in [0.2, 0.25) is 0 Å². The number of hydrogen-bond acceptors (Lipinski definition) is 4. The van der Waals surface area contributed by atoms with Gasteiger partial charge in [-0.1, -0.05) is 18.2 Å². The third-order valence-corrected chi connectivity index (χ3v) is 5.62. The van der Waals surface area contributed by atoms with E-state index in [4.69, 9.17) is 4.74 Å². The van der Waals surface area contributed by atoms with Crippen LogP contribution in [0, 0.1) is 5.92 Å². The Morgan fingerprint density at radius 3 is 2.70 bits per heavy atom. The minimum absolute atomic E-state index is 0.154. The molecule has 2 heterocycles. The van der Waals surface area contributed by atoms with Crippen LogP contribution in [-0.4, -0.2) is 55.4 Å². The summed E-state index contributed by atoms with van der Waals surface area (Å²) in [6.45, 7) is 5.19. The zero-order chi connectivity index (χ0) is 15.9. The molecule has 0 aromatic heterocycles. The first kappa shape index (κ1) is 16.8. The van der Waals surface area contributed by atoms with Gasteiger partial charge in [0.15, 0.2) is 0 Å². The van der Waals surface area contributed by atoms with Gasteiger partial charge in [0, 0.05) is 37.2 Å². The molecule has 2 aliphatic rings. The molecule has 4 nitrogen and oxygen atoms in total. The maximum absolute atomic E-state index is 12.1. The number of nitrogens with zero attached hydrogens (tertiary/aromatic N) is 1. The lowest BCUT2D eigenvalue weighted by Crippen LogP contribution is -2.46. The lowest BCUT2D eigenvalue weighted by atomic mass is 10.0. The zero-order valence-corrected chi connectivity index (χ0v) is 14.4. The maximum atomic E-state index is 12.1. The van der Waals surface area contributed by atoms with E-state index in [-0.39, 0.29) is 5.91 Å². The molecule has 1 aromatic carbocycles. The number of rotatable bonds is 6. The average Bonchev–Trinajstić information content (AvgIpc) is 3.09. The number of thioether (sulfide) groups is 1. The van der Waals surface area contributed by atoms with E-state index in [1.165, 1.54) is 6.42 Å². The van der Waals surface area contributed by atoms with Crippen molar-refractivity contribution in [2.45, 2.75) is 30.2 Å². The number of piperidine rings is 1. The van der Waals surface area contributed by atoms with Crippen LogP contribution in [0.3, 0.4) is 0 Å². The lowest BCUT2D eigenvalue weighted by Gasteiger charge is -2.33. The van der Waals surface area contributed by atoms with E-state index in [2.05, 4.69) is 10.2 Å². The molecule has 1 amide bonds. The summed E-state index contributed by atoms with van der Waals surface area (Å²) >= 11 is 1.60. The molecule has 0 bridgehead atoms. The average molecular weight is 334 g/mol. The van der Waals surface area contributed by atoms with E-state index in [0.717, 1.165) is 50.6 Å². The van der Waals surface area contributed by atoms with Gasteiger partial charge >= 0.3 is 0 Å². The molecular formula is C18H26N2O2S. The number of ether oxygens (including phenoxy) is 1. The van der Waals surface area contributed by atoms with Gasteiger partial charge in [-0.05, 0) is 37.3 Å². The summed E-state index contributed by atoms with van der Waals surface area (Å²) in [5.74, 6) is 1.37. The molecule has 1 atom stereocenters. The Morgan fingerprint density at radius 1 is 1.22 bits per heavy atom. The summed E-state index contributed by atoms with van der Waals surface area (Å²) in [4.78, 5) is 15.8. The largest absolute Gasteiger partial charge is 0.381 e. The van der Waals surface area contributed by atoms with Crippen LogP contribution in [0.5, 0.6) is 0 Å². The van der Waals surface area contributed by atoms with Crippen LogP contribution in [0.1, 0.15) is 19.3 Å².